The quantitative estimate of drug-likeness (QED) is 0.881. The van der Waals surface area contributed by atoms with Crippen LogP contribution in [0, 0.1) is 6.92 Å². The Labute approximate surface area is 131 Å². The first-order chi connectivity index (χ1) is 10.4. The molecule has 1 amide bonds. The van der Waals surface area contributed by atoms with Gasteiger partial charge in [-0.05, 0) is 31.5 Å². The summed E-state index contributed by atoms with van der Waals surface area (Å²) in [4.78, 5) is 28.0. The fourth-order valence-electron chi connectivity index (χ4n) is 1.93. The van der Waals surface area contributed by atoms with Gasteiger partial charge >= 0.3 is 5.97 Å². The number of aryl methyl sites for hydroxylation is 1. The number of carbonyl (C=O) groups is 2. The van der Waals surface area contributed by atoms with E-state index in [0.717, 1.165) is 5.01 Å². The van der Waals surface area contributed by atoms with Crippen LogP contribution >= 0.6 is 11.3 Å². The summed E-state index contributed by atoms with van der Waals surface area (Å²) in [6, 6.07) is 6.52. The lowest BCUT2D eigenvalue weighted by atomic mass is 9.91. The Hall–Kier alpha value is -2.41. The number of amides is 1. The second-order valence-electron chi connectivity index (χ2n) is 4.86. The van der Waals surface area contributed by atoms with Gasteiger partial charge in [0.15, 0.2) is 5.54 Å². The van der Waals surface area contributed by atoms with Crippen molar-refractivity contribution >= 4 is 23.2 Å². The second kappa shape index (κ2) is 6.15. The van der Waals surface area contributed by atoms with Crippen molar-refractivity contribution in [3.05, 3.63) is 45.9 Å². The lowest BCUT2D eigenvalue weighted by molar-refractivity contribution is -0.144. The van der Waals surface area contributed by atoms with Gasteiger partial charge in [0.05, 0.1) is 12.1 Å². The predicted octanol–water partition coefficient (Wildman–Crippen LogP) is 2.19. The molecule has 0 radical (unpaired) electrons. The van der Waals surface area contributed by atoms with Crippen molar-refractivity contribution in [2.24, 2.45) is 0 Å². The van der Waals surface area contributed by atoms with Crippen LogP contribution in [0.5, 0.6) is 5.75 Å². The maximum Gasteiger partial charge on any atom is 0.333 e. The zero-order valence-corrected chi connectivity index (χ0v) is 13.2. The number of aliphatic carboxylic acids is 1. The van der Waals surface area contributed by atoms with E-state index in [-0.39, 0.29) is 5.69 Å². The number of carboxylic acids is 1. The maximum atomic E-state index is 12.2. The molecule has 0 aliphatic heterocycles. The molecule has 7 heteroatoms. The number of carbonyl (C=O) groups excluding carboxylic acids is 1. The van der Waals surface area contributed by atoms with Crippen molar-refractivity contribution in [2.75, 3.05) is 7.11 Å². The van der Waals surface area contributed by atoms with Crippen LogP contribution in [0.2, 0.25) is 0 Å². The third kappa shape index (κ3) is 3.09. The summed E-state index contributed by atoms with van der Waals surface area (Å²) >= 11 is 1.33. The van der Waals surface area contributed by atoms with Crippen LogP contribution in [-0.2, 0) is 10.3 Å². The number of aromatic nitrogens is 1. The molecule has 1 unspecified atom stereocenters. The standard InChI is InChI=1S/C15H16N2O4S/c1-9-16-12(8-22-9)13(18)17-15(2,14(19)20)10-4-6-11(21-3)7-5-10/h4-8H,1-3H3,(H,17,18)(H,19,20). The number of thiazole rings is 1. The second-order valence-corrected chi connectivity index (χ2v) is 5.93. The van der Waals surface area contributed by atoms with Gasteiger partial charge in [0.25, 0.3) is 5.91 Å². The molecule has 6 nitrogen and oxygen atoms in total. The first-order valence-electron chi connectivity index (χ1n) is 6.49. The van der Waals surface area contributed by atoms with Gasteiger partial charge in [-0.1, -0.05) is 12.1 Å². The van der Waals surface area contributed by atoms with Crippen LogP contribution < -0.4 is 10.1 Å². The Bertz CT molecular complexity index is 696. The zero-order valence-electron chi connectivity index (χ0n) is 12.4. The number of hydrogen-bond donors (Lipinski definition) is 2. The minimum atomic E-state index is -1.55. The minimum Gasteiger partial charge on any atom is -0.497 e. The summed E-state index contributed by atoms with van der Waals surface area (Å²) in [5.74, 6) is -1.07. The highest BCUT2D eigenvalue weighted by atomic mass is 32.1. The summed E-state index contributed by atoms with van der Waals surface area (Å²) < 4.78 is 5.05. The lowest BCUT2D eigenvalue weighted by Crippen LogP contribution is -2.49. The Morgan fingerprint density at radius 1 is 1.32 bits per heavy atom. The summed E-state index contributed by atoms with van der Waals surface area (Å²) in [6.45, 7) is 3.22. The number of benzene rings is 1. The number of nitrogens with one attached hydrogen (secondary N) is 1. The molecule has 0 fully saturated rings. The van der Waals surface area contributed by atoms with Gasteiger partial charge < -0.3 is 15.2 Å². The van der Waals surface area contributed by atoms with Crippen molar-refractivity contribution in [3.63, 3.8) is 0 Å². The van der Waals surface area contributed by atoms with E-state index in [1.54, 1.807) is 36.6 Å². The summed E-state index contributed by atoms with van der Waals surface area (Å²) in [5.41, 5.74) is -0.898. The Balaban J connectivity index is 2.31. The van der Waals surface area contributed by atoms with Crippen molar-refractivity contribution in [3.8, 4) is 5.75 Å². The van der Waals surface area contributed by atoms with E-state index in [0.29, 0.717) is 11.3 Å². The van der Waals surface area contributed by atoms with E-state index in [2.05, 4.69) is 10.3 Å². The summed E-state index contributed by atoms with van der Waals surface area (Å²) in [6.07, 6.45) is 0. The van der Waals surface area contributed by atoms with Gasteiger partial charge in [-0.15, -0.1) is 11.3 Å². The minimum absolute atomic E-state index is 0.212. The van der Waals surface area contributed by atoms with Gasteiger partial charge in [0, 0.05) is 5.38 Å². The van der Waals surface area contributed by atoms with Crippen LogP contribution in [-0.4, -0.2) is 29.1 Å². The predicted molar refractivity (Wildman–Crippen MR) is 82.3 cm³/mol. The Morgan fingerprint density at radius 2 is 1.95 bits per heavy atom. The smallest absolute Gasteiger partial charge is 0.333 e. The van der Waals surface area contributed by atoms with Gasteiger partial charge in [-0.3, -0.25) is 4.79 Å². The third-order valence-electron chi connectivity index (χ3n) is 3.31. The maximum absolute atomic E-state index is 12.2. The highest BCUT2D eigenvalue weighted by molar-refractivity contribution is 7.09. The molecule has 0 bridgehead atoms. The monoisotopic (exact) mass is 320 g/mol. The van der Waals surface area contributed by atoms with Crippen LogP contribution in [0.1, 0.15) is 28.0 Å². The molecular weight excluding hydrogens is 304 g/mol. The Kier molecular flexibility index (Phi) is 4.46. The molecule has 22 heavy (non-hydrogen) atoms. The molecule has 2 N–H and O–H groups in total. The summed E-state index contributed by atoms with van der Waals surface area (Å²) in [7, 11) is 1.53. The lowest BCUT2D eigenvalue weighted by Gasteiger charge is -2.26. The number of hydrogen-bond acceptors (Lipinski definition) is 5. The normalized spacial score (nSPS) is 13.2. The van der Waals surface area contributed by atoms with Crippen LogP contribution in [0.15, 0.2) is 29.6 Å². The average Bonchev–Trinajstić information content (AvgIpc) is 2.93. The van der Waals surface area contributed by atoms with Gasteiger partial charge in [-0.2, -0.15) is 0 Å². The third-order valence-corrected chi connectivity index (χ3v) is 4.08. The highest BCUT2D eigenvalue weighted by Gasteiger charge is 2.37. The van der Waals surface area contributed by atoms with E-state index in [4.69, 9.17) is 4.74 Å². The number of carboxylic acid groups (broad SMARTS) is 1. The molecule has 0 aliphatic rings. The first kappa shape index (κ1) is 16.0. The SMILES string of the molecule is COc1ccc(C(C)(NC(=O)c2csc(C)n2)C(=O)O)cc1. The summed E-state index contributed by atoms with van der Waals surface area (Å²) in [5, 5.41) is 14.4. The molecule has 0 spiro atoms. The van der Waals surface area contributed by atoms with Crippen LogP contribution in [0.4, 0.5) is 0 Å². The highest BCUT2D eigenvalue weighted by Crippen LogP contribution is 2.24. The van der Waals surface area contributed by atoms with Crippen molar-refractivity contribution < 1.29 is 19.4 Å². The molecule has 1 heterocycles. The average molecular weight is 320 g/mol. The molecule has 2 aromatic rings. The van der Waals surface area contributed by atoms with Gasteiger partial charge in [0.1, 0.15) is 11.4 Å². The molecule has 0 aliphatic carbocycles. The molecule has 1 aromatic heterocycles. The van der Waals surface area contributed by atoms with Gasteiger partial charge in [-0.25, -0.2) is 9.78 Å². The van der Waals surface area contributed by atoms with Crippen molar-refractivity contribution in [2.45, 2.75) is 19.4 Å². The largest absolute Gasteiger partial charge is 0.497 e. The van der Waals surface area contributed by atoms with E-state index in [1.807, 2.05) is 0 Å². The van der Waals surface area contributed by atoms with E-state index in [9.17, 15) is 14.7 Å². The fourth-order valence-corrected chi connectivity index (χ4v) is 2.53. The van der Waals surface area contributed by atoms with E-state index >= 15 is 0 Å². The molecule has 116 valence electrons. The fraction of sp³-hybridized carbons (Fsp3) is 0.267. The molecule has 2 rings (SSSR count). The molecule has 1 aromatic carbocycles. The first-order valence-corrected chi connectivity index (χ1v) is 7.37. The molecule has 0 saturated carbocycles. The number of methoxy groups -OCH3 is 1. The van der Waals surface area contributed by atoms with Gasteiger partial charge in [0.2, 0.25) is 0 Å². The Morgan fingerprint density at radius 3 is 2.41 bits per heavy atom. The van der Waals surface area contributed by atoms with Crippen molar-refractivity contribution in [1.29, 1.82) is 0 Å². The van der Waals surface area contributed by atoms with E-state index in [1.165, 1.54) is 25.4 Å². The molecule has 0 saturated heterocycles. The number of ether oxygens (including phenoxy) is 1. The molecular formula is C15H16N2O4S. The topological polar surface area (TPSA) is 88.5 Å². The zero-order chi connectivity index (χ0) is 16.3. The number of rotatable bonds is 5. The van der Waals surface area contributed by atoms with E-state index < -0.39 is 17.4 Å². The molecule has 1 atom stereocenters. The van der Waals surface area contributed by atoms with Crippen LogP contribution in [0.3, 0.4) is 0 Å². The van der Waals surface area contributed by atoms with Crippen LogP contribution in [0.25, 0.3) is 0 Å². The number of nitrogens with zero attached hydrogens (tertiary/aromatic N) is 1. The van der Waals surface area contributed by atoms with Crippen molar-refractivity contribution in [1.82, 2.24) is 10.3 Å².